The molecule has 1 fully saturated rings. The number of methoxy groups -OCH3 is 1. The summed E-state index contributed by atoms with van der Waals surface area (Å²) < 4.78 is 24.0. The Hall–Kier alpha value is -3.16. The van der Waals surface area contributed by atoms with E-state index >= 15 is 0 Å². The highest BCUT2D eigenvalue weighted by Gasteiger charge is 2.38. The number of nitro benzene ring substituents is 1. The third-order valence-electron chi connectivity index (χ3n) is 5.23. The molecule has 8 heteroatoms. The van der Waals surface area contributed by atoms with E-state index in [2.05, 4.69) is 5.32 Å². The Morgan fingerprint density at radius 2 is 1.86 bits per heavy atom. The Labute approximate surface area is 168 Å². The highest BCUT2D eigenvalue weighted by molar-refractivity contribution is 5.99. The van der Waals surface area contributed by atoms with E-state index in [-0.39, 0.29) is 28.6 Å². The summed E-state index contributed by atoms with van der Waals surface area (Å²) in [4.78, 5) is 24.1. The van der Waals surface area contributed by atoms with Crippen LogP contribution in [0.1, 0.15) is 48.5 Å². The molecule has 2 aromatic rings. The molecule has 0 atom stereocenters. The van der Waals surface area contributed by atoms with Crippen LogP contribution in [-0.2, 0) is 5.54 Å². The summed E-state index contributed by atoms with van der Waals surface area (Å²) in [5.41, 5.74) is -0.377. The zero-order valence-electron chi connectivity index (χ0n) is 16.4. The second kappa shape index (κ2) is 8.46. The van der Waals surface area contributed by atoms with Crippen LogP contribution in [0.2, 0.25) is 0 Å². The second-order valence-corrected chi connectivity index (χ2v) is 6.96. The van der Waals surface area contributed by atoms with Gasteiger partial charge in [0.1, 0.15) is 11.4 Å². The van der Waals surface area contributed by atoms with Crippen molar-refractivity contribution in [2.75, 3.05) is 13.7 Å². The van der Waals surface area contributed by atoms with Crippen molar-refractivity contribution in [1.29, 1.82) is 0 Å². The van der Waals surface area contributed by atoms with E-state index in [4.69, 9.17) is 9.47 Å². The van der Waals surface area contributed by atoms with Crippen LogP contribution in [-0.4, -0.2) is 24.5 Å². The van der Waals surface area contributed by atoms with Gasteiger partial charge in [-0.25, -0.2) is 4.39 Å². The van der Waals surface area contributed by atoms with Gasteiger partial charge in [0.05, 0.1) is 30.2 Å². The second-order valence-electron chi connectivity index (χ2n) is 6.96. The van der Waals surface area contributed by atoms with Crippen LogP contribution in [0.5, 0.6) is 11.5 Å². The Bertz CT molecular complexity index is 908. The van der Waals surface area contributed by atoms with Crippen molar-refractivity contribution in [3.05, 3.63) is 63.5 Å². The largest absolute Gasteiger partial charge is 0.493 e. The van der Waals surface area contributed by atoms with Crippen LogP contribution in [0.15, 0.2) is 36.4 Å². The number of benzene rings is 2. The monoisotopic (exact) mass is 402 g/mol. The summed E-state index contributed by atoms with van der Waals surface area (Å²) in [5, 5.41) is 14.6. The maximum absolute atomic E-state index is 13.4. The quantitative estimate of drug-likeness (QED) is 0.550. The van der Waals surface area contributed by atoms with Gasteiger partial charge < -0.3 is 14.8 Å². The SMILES string of the molecule is CCOc1cc(C(=O)NC2(c3ccc(F)cc3)CCCC2)c([N+](=O)[O-])cc1OC. The standard InChI is InChI=1S/C21H23FN2O5/c1-3-29-19-12-16(17(24(26)27)13-18(19)28-2)20(25)23-21(10-4-5-11-21)14-6-8-15(22)9-7-14/h6-9,12-13H,3-5,10-11H2,1-2H3,(H,23,25). The van der Waals surface area contributed by atoms with Crippen molar-refractivity contribution >= 4 is 11.6 Å². The minimum Gasteiger partial charge on any atom is -0.493 e. The zero-order valence-corrected chi connectivity index (χ0v) is 16.4. The molecule has 3 rings (SSSR count). The van der Waals surface area contributed by atoms with E-state index in [0.29, 0.717) is 19.4 Å². The predicted molar refractivity (Wildman–Crippen MR) is 105 cm³/mol. The average Bonchev–Trinajstić information content (AvgIpc) is 3.17. The van der Waals surface area contributed by atoms with Gasteiger partial charge in [-0.05, 0) is 37.5 Å². The van der Waals surface area contributed by atoms with E-state index in [0.717, 1.165) is 18.4 Å². The minimum absolute atomic E-state index is 0.104. The van der Waals surface area contributed by atoms with Crippen LogP contribution in [0.25, 0.3) is 0 Å². The molecule has 0 radical (unpaired) electrons. The number of rotatable bonds is 7. The fraction of sp³-hybridized carbons (Fsp3) is 0.381. The highest BCUT2D eigenvalue weighted by atomic mass is 19.1. The number of hydrogen-bond acceptors (Lipinski definition) is 5. The zero-order chi connectivity index (χ0) is 21.0. The molecule has 0 bridgehead atoms. The first-order valence-electron chi connectivity index (χ1n) is 9.48. The molecule has 0 unspecified atom stereocenters. The highest BCUT2D eigenvalue weighted by Crippen LogP contribution is 2.40. The molecule has 29 heavy (non-hydrogen) atoms. The van der Waals surface area contributed by atoms with Gasteiger partial charge in [-0.2, -0.15) is 0 Å². The van der Waals surface area contributed by atoms with Crippen LogP contribution in [0.3, 0.4) is 0 Å². The van der Waals surface area contributed by atoms with Gasteiger partial charge in [-0.15, -0.1) is 0 Å². The molecule has 0 aliphatic heterocycles. The normalized spacial score (nSPS) is 15.0. The van der Waals surface area contributed by atoms with Crippen LogP contribution >= 0.6 is 0 Å². The fourth-order valence-electron chi connectivity index (χ4n) is 3.83. The number of nitro groups is 1. The lowest BCUT2D eigenvalue weighted by Gasteiger charge is -2.31. The number of carbonyl (C=O) groups is 1. The van der Waals surface area contributed by atoms with Crippen molar-refractivity contribution in [1.82, 2.24) is 5.32 Å². The number of carbonyl (C=O) groups excluding carboxylic acids is 1. The first kappa shape index (κ1) is 20.6. The predicted octanol–water partition coefficient (Wildman–Crippen LogP) is 4.34. The summed E-state index contributed by atoms with van der Waals surface area (Å²) in [7, 11) is 1.38. The molecule has 0 aromatic heterocycles. The van der Waals surface area contributed by atoms with Crippen molar-refractivity contribution < 1.29 is 23.6 Å². The first-order chi connectivity index (χ1) is 13.9. The molecule has 0 heterocycles. The lowest BCUT2D eigenvalue weighted by molar-refractivity contribution is -0.385. The smallest absolute Gasteiger partial charge is 0.286 e. The van der Waals surface area contributed by atoms with Gasteiger partial charge in [0.15, 0.2) is 11.5 Å². The van der Waals surface area contributed by atoms with E-state index < -0.39 is 16.4 Å². The topological polar surface area (TPSA) is 90.7 Å². The third kappa shape index (κ3) is 4.16. The summed E-state index contributed by atoms with van der Waals surface area (Å²) in [6, 6.07) is 8.53. The maximum Gasteiger partial charge on any atom is 0.286 e. The molecule has 1 amide bonds. The molecular weight excluding hydrogens is 379 g/mol. The molecule has 0 saturated heterocycles. The number of amides is 1. The maximum atomic E-state index is 13.4. The van der Waals surface area contributed by atoms with Crippen molar-refractivity contribution in [3.63, 3.8) is 0 Å². The van der Waals surface area contributed by atoms with E-state index in [1.54, 1.807) is 19.1 Å². The third-order valence-corrected chi connectivity index (χ3v) is 5.23. The van der Waals surface area contributed by atoms with Crippen LogP contribution in [0.4, 0.5) is 10.1 Å². The van der Waals surface area contributed by atoms with Gasteiger partial charge in [0.25, 0.3) is 11.6 Å². The number of nitrogens with one attached hydrogen (secondary N) is 1. The van der Waals surface area contributed by atoms with Crippen molar-refractivity contribution in [2.45, 2.75) is 38.1 Å². The summed E-state index contributed by atoms with van der Waals surface area (Å²) in [6.45, 7) is 2.08. The van der Waals surface area contributed by atoms with Crippen molar-refractivity contribution in [3.8, 4) is 11.5 Å². The molecule has 1 aliphatic rings. The molecule has 1 aliphatic carbocycles. The summed E-state index contributed by atoms with van der Waals surface area (Å²) in [6.07, 6.45) is 3.14. The fourth-order valence-corrected chi connectivity index (χ4v) is 3.83. The number of nitrogens with zero attached hydrogens (tertiary/aromatic N) is 1. The van der Waals surface area contributed by atoms with Crippen LogP contribution < -0.4 is 14.8 Å². The molecule has 1 N–H and O–H groups in total. The Balaban J connectivity index is 2.01. The molecule has 0 spiro atoms. The van der Waals surface area contributed by atoms with E-state index in [1.165, 1.54) is 31.4 Å². The number of hydrogen-bond donors (Lipinski definition) is 1. The van der Waals surface area contributed by atoms with E-state index in [9.17, 15) is 19.3 Å². The van der Waals surface area contributed by atoms with Crippen LogP contribution in [0, 0.1) is 15.9 Å². The molecule has 1 saturated carbocycles. The number of ether oxygens (including phenoxy) is 2. The first-order valence-corrected chi connectivity index (χ1v) is 9.48. The average molecular weight is 402 g/mol. The Morgan fingerprint density at radius 3 is 2.41 bits per heavy atom. The van der Waals surface area contributed by atoms with Gasteiger partial charge in [-0.3, -0.25) is 14.9 Å². The van der Waals surface area contributed by atoms with Gasteiger partial charge >= 0.3 is 0 Å². The lowest BCUT2D eigenvalue weighted by Crippen LogP contribution is -2.44. The molecule has 2 aromatic carbocycles. The van der Waals surface area contributed by atoms with Gasteiger partial charge in [0, 0.05) is 6.07 Å². The van der Waals surface area contributed by atoms with Gasteiger partial charge in [-0.1, -0.05) is 25.0 Å². The van der Waals surface area contributed by atoms with Crippen molar-refractivity contribution in [2.24, 2.45) is 0 Å². The molecule has 154 valence electrons. The van der Waals surface area contributed by atoms with Gasteiger partial charge in [0.2, 0.25) is 0 Å². The molecular formula is C21H23FN2O5. The summed E-state index contributed by atoms with van der Waals surface area (Å²) in [5.74, 6) is -0.496. The minimum atomic E-state index is -0.690. The Kier molecular flexibility index (Phi) is 6.00. The summed E-state index contributed by atoms with van der Waals surface area (Å²) >= 11 is 0. The lowest BCUT2D eigenvalue weighted by atomic mass is 9.87. The number of halogens is 1. The Morgan fingerprint density at radius 1 is 1.21 bits per heavy atom. The van der Waals surface area contributed by atoms with E-state index in [1.807, 2.05) is 0 Å². The molecule has 7 nitrogen and oxygen atoms in total.